The molecule has 0 unspecified atom stereocenters. The molecular formula is C6H11NO2. The van der Waals surface area contributed by atoms with Crippen molar-refractivity contribution in [2.24, 2.45) is 5.73 Å². The maximum absolute atomic E-state index is 10.3. The highest BCUT2D eigenvalue weighted by Gasteiger charge is 1.89. The number of carbonyl (C=O) groups excluding carboxylic acids is 1. The molecule has 0 aromatic rings. The Bertz CT molecular complexity index is 129. The molecule has 3 nitrogen and oxygen atoms in total. The van der Waals surface area contributed by atoms with Crippen molar-refractivity contribution in [3.8, 4) is 0 Å². The van der Waals surface area contributed by atoms with Gasteiger partial charge in [0.15, 0.2) is 5.78 Å². The van der Waals surface area contributed by atoms with E-state index >= 15 is 0 Å². The predicted molar refractivity (Wildman–Crippen MR) is 34.8 cm³/mol. The standard InChI is InChI=1S/C6H11NO2/c1-5(8)3-6(7)4-9-2/h3H,4,7H2,1-2H3/b6-3-. The molecule has 0 aromatic heterocycles. The number of carbonyl (C=O) groups is 1. The molecule has 0 amide bonds. The van der Waals surface area contributed by atoms with E-state index < -0.39 is 0 Å². The molecule has 9 heavy (non-hydrogen) atoms. The molecule has 2 N–H and O–H groups in total. The average molecular weight is 129 g/mol. The highest BCUT2D eigenvalue weighted by atomic mass is 16.5. The fraction of sp³-hybridized carbons (Fsp3) is 0.500. The molecule has 0 fully saturated rings. The summed E-state index contributed by atoms with van der Waals surface area (Å²) in [5.41, 5.74) is 5.76. The molecule has 0 aliphatic rings. The van der Waals surface area contributed by atoms with E-state index in [1.807, 2.05) is 0 Å². The molecule has 0 bridgehead atoms. The van der Waals surface area contributed by atoms with Gasteiger partial charge >= 0.3 is 0 Å². The summed E-state index contributed by atoms with van der Waals surface area (Å²) < 4.78 is 4.66. The van der Waals surface area contributed by atoms with Crippen molar-refractivity contribution in [2.45, 2.75) is 6.92 Å². The van der Waals surface area contributed by atoms with Crippen LogP contribution in [0.2, 0.25) is 0 Å². The first-order chi connectivity index (χ1) is 4.16. The first kappa shape index (κ1) is 8.17. The quantitative estimate of drug-likeness (QED) is 0.548. The minimum atomic E-state index is -0.0513. The number of ether oxygens (including phenoxy) is 1. The Balaban J connectivity index is 3.69. The van der Waals surface area contributed by atoms with Crippen LogP contribution in [-0.2, 0) is 9.53 Å². The van der Waals surface area contributed by atoms with Crippen LogP contribution in [-0.4, -0.2) is 19.5 Å². The molecule has 3 heteroatoms. The number of methoxy groups -OCH3 is 1. The maximum Gasteiger partial charge on any atom is 0.154 e. The van der Waals surface area contributed by atoms with Crippen LogP contribution < -0.4 is 5.73 Å². The van der Waals surface area contributed by atoms with Crippen molar-refractivity contribution >= 4 is 5.78 Å². The van der Waals surface area contributed by atoms with E-state index in [2.05, 4.69) is 4.74 Å². The van der Waals surface area contributed by atoms with Crippen LogP contribution in [0.25, 0.3) is 0 Å². The average Bonchev–Trinajstić information content (AvgIpc) is 1.63. The van der Waals surface area contributed by atoms with E-state index in [4.69, 9.17) is 5.73 Å². The summed E-state index contributed by atoms with van der Waals surface area (Å²) in [6.07, 6.45) is 1.35. The fourth-order valence-corrected chi connectivity index (χ4v) is 0.469. The number of ketones is 1. The van der Waals surface area contributed by atoms with Crippen LogP contribution in [0.3, 0.4) is 0 Å². The summed E-state index contributed by atoms with van der Waals surface area (Å²) in [5, 5.41) is 0. The number of hydrogen-bond donors (Lipinski definition) is 1. The Morgan fingerprint density at radius 1 is 1.78 bits per heavy atom. The van der Waals surface area contributed by atoms with Crippen LogP contribution in [0.5, 0.6) is 0 Å². The fourth-order valence-electron chi connectivity index (χ4n) is 0.469. The van der Waals surface area contributed by atoms with E-state index in [0.717, 1.165) is 0 Å². The van der Waals surface area contributed by atoms with Crippen molar-refractivity contribution in [3.63, 3.8) is 0 Å². The van der Waals surface area contributed by atoms with Gasteiger partial charge in [0.25, 0.3) is 0 Å². The van der Waals surface area contributed by atoms with Gasteiger partial charge in [-0.15, -0.1) is 0 Å². The third-order valence-corrected chi connectivity index (χ3v) is 0.700. The van der Waals surface area contributed by atoms with E-state index in [1.54, 1.807) is 0 Å². The smallest absolute Gasteiger partial charge is 0.154 e. The molecule has 0 spiro atoms. The third-order valence-electron chi connectivity index (χ3n) is 0.700. The van der Waals surface area contributed by atoms with Crippen LogP contribution in [0, 0.1) is 0 Å². The van der Waals surface area contributed by atoms with Gasteiger partial charge in [0.2, 0.25) is 0 Å². The van der Waals surface area contributed by atoms with Crippen LogP contribution >= 0.6 is 0 Å². The van der Waals surface area contributed by atoms with Gasteiger partial charge in [0.05, 0.1) is 6.61 Å². The highest BCUT2D eigenvalue weighted by molar-refractivity contribution is 5.87. The molecule has 0 saturated carbocycles. The van der Waals surface area contributed by atoms with Crippen LogP contribution in [0.15, 0.2) is 11.8 Å². The van der Waals surface area contributed by atoms with Gasteiger partial charge in [-0.05, 0) is 6.92 Å². The molecule has 0 heterocycles. The number of nitrogens with two attached hydrogens (primary N) is 1. The second kappa shape index (κ2) is 4.09. The van der Waals surface area contributed by atoms with E-state index in [9.17, 15) is 4.79 Å². The molecule has 0 aromatic carbocycles. The molecule has 0 saturated heterocycles. The van der Waals surface area contributed by atoms with Crippen molar-refractivity contribution in [3.05, 3.63) is 11.8 Å². The summed E-state index contributed by atoms with van der Waals surface area (Å²) in [4.78, 5) is 10.3. The minimum absolute atomic E-state index is 0.0513. The maximum atomic E-state index is 10.3. The molecule has 0 rings (SSSR count). The molecule has 52 valence electrons. The first-order valence-corrected chi connectivity index (χ1v) is 2.62. The van der Waals surface area contributed by atoms with Gasteiger partial charge < -0.3 is 10.5 Å². The lowest BCUT2D eigenvalue weighted by molar-refractivity contribution is -0.112. The lowest BCUT2D eigenvalue weighted by Gasteiger charge is -1.95. The lowest BCUT2D eigenvalue weighted by atomic mass is 10.3. The van der Waals surface area contributed by atoms with Gasteiger partial charge in [-0.2, -0.15) is 0 Å². The number of rotatable bonds is 3. The first-order valence-electron chi connectivity index (χ1n) is 2.62. The van der Waals surface area contributed by atoms with Gasteiger partial charge in [0, 0.05) is 18.9 Å². The summed E-state index contributed by atoms with van der Waals surface area (Å²) in [7, 11) is 1.53. The van der Waals surface area contributed by atoms with Gasteiger partial charge in [-0.25, -0.2) is 0 Å². The Labute approximate surface area is 54.5 Å². The largest absolute Gasteiger partial charge is 0.400 e. The van der Waals surface area contributed by atoms with Crippen molar-refractivity contribution < 1.29 is 9.53 Å². The molecule has 0 aliphatic carbocycles. The zero-order valence-corrected chi connectivity index (χ0v) is 5.68. The van der Waals surface area contributed by atoms with Gasteiger partial charge in [-0.3, -0.25) is 4.79 Å². The van der Waals surface area contributed by atoms with E-state index in [-0.39, 0.29) is 5.78 Å². The van der Waals surface area contributed by atoms with Gasteiger partial charge in [-0.1, -0.05) is 0 Å². The Morgan fingerprint density at radius 3 is 2.67 bits per heavy atom. The van der Waals surface area contributed by atoms with Crippen molar-refractivity contribution in [1.29, 1.82) is 0 Å². The summed E-state index contributed by atoms with van der Waals surface area (Å²) in [6, 6.07) is 0. The van der Waals surface area contributed by atoms with Crippen molar-refractivity contribution in [1.82, 2.24) is 0 Å². The number of allylic oxidation sites excluding steroid dienone is 1. The van der Waals surface area contributed by atoms with Crippen LogP contribution in [0.4, 0.5) is 0 Å². The summed E-state index contributed by atoms with van der Waals surface area (Å²) >= 11 is 0. The van der Waals surface area contributed by atoms with E-state index in [0.29, 0.717) is 12.3 Å². The summed E-state index contributed by atoms with van der Waals surface area (Å²) in [6.45, 7) is 1.77. The SMILES string of the molecule is COC/C(N)=C/C(C)=O. The second-order valence-electron chi connectivity index (χ2n) is 1.76. The monoisotopic (exact) mass is 129 g/mol. The number of hydrogen-bond acceptors (Lipinski definition) is 3. The molecule has 0 atom stereocenters. The van der Waals surface area contributed by atoms with Crippen molar-refractivity contribution in [2.75, 3.05) is 13.7 Å². The van der Waals surface area contributed by atoms with Crippen LogP contribution in [0.1, 0.15) is 6.92 Å². The molecule has 0 radical (unpaired) electrons. The minimum Gasteiger partial charge on any atom is -0.400 e. The topological polar surface area (TPSA) is 52.3 Å². The Kier molecular flexibility index (Phi) is 3.71. The third kappa shape index (κ3) is 5.03. The van der Waals surface area contributed by atoms with Gasteiger partial charge in [0.1, 0.15) is 0 Å². The zero-order valence-electron chi connectivity index (χ0n) is 5.68. The highest BCUT2D eigenvalue weighted by Crippen LogP contribution is 1.83. The Morgan fingerprint density at radius 2 is 2.33 bits per heavy atom. The predicted octanol–water partition coefficient (Wildman–Crippen LogP) is 0.0644. The van der Waals surface area contributed by atoms with E-state index in [1.165, 1.54) is 20.1 Å². The molecular weight excluding hydrogens is 118 g/mol. The summed E-state index contributed by atoms with van der Waals surface area (Å²) in [5.74, 6) is -0.0513. The normalized spacial score (nSPS) is 11.6. The molecule has 0 aliphatic heterocycles. The zero-order chi connectivity index (χ0) is 7.28. The Hall–Kier alpha value is -0.830. The second-order valence-corrected chi connectivity index (χ2v) is 1.76. The lowest BCUT2D eigenvalue weighted by Crippen LogP contribution is -2.06.